The molecule has 2 atom stereocenters. The Morgan fingerprint density at radius 2 is 1.64 bits per heavy atom. The minimum atomic E-state index is -0.986. The van der Waals surface area contributed by atoms with E-state index in [1.54, 1.807) is 31.2 Å². The monoisotopic (exact) mass is 359 g/mol. The fourth-order valence-corrected chi connectivity index (χ4v) is 3.00. The second-order valence-electron chi connectivity index (χ2n) is 6.43. The number of hydrogen-bond acceptors (Lipinski definition) is 2. The Morgan fingerprint density at radius 3 is 2.16 bits per heavy atom. The van der Waals surface area contributed by atoms with Crippen molar-refractivity contribution in [1.82, 2.24) is 0 Å². The molecule has 0 heterocycles. The molecule has 2 N–H and O–H groups in total. The first-order valence-electron chi connectivity index (χ1n) is 8.12. The zero-order valence-electron chi connectivity index (χ0n) is 14.5. The highest BCUT2D eigenvalue weighted by molar-refractivity contribution is 6.30. The molecular formula is C20H22ClNO3. The number of rotatable bonds is 6. The van der Waals surface area contributed by atoms with E-state index in [1.807, 2.05) is 32.0 Å². The Kier molecular flexibility index (Phi) is 6.21. The van der Waals surface area contributed by atoms with Crippen LogP contribution in [0.5, 0.6) is 0 Å². The molecular weight excluding hydrogens is 338 g/mol. The summed E-state index contributed by atoms with van der Waals surface area (Å²) in [5.41, 5.74) is 3.74. The molecule has 0 fully saturated rings. The number of halogens is 1. The van der Waals surface area contributed by atoms with Crippen LogP contribution in [0.25, 0.3) is 0 Å². The Bertz CT molecular complexity index is 751. The van der Waals surface area contributed by atoms with Gasteiger partial charge in [0.1, 0.15) is 0 Å². The molecule has 2 rings (SSSR count). The number of aryl methyl sites for hydroxylation is 2. The van der Waals surface area contributed by atoms with Crippen LogP contribution in [0.1, 0.15) is 23.6 Å². The van der Waals surface area contributed by atoms with Crippen molar-refractivity contribution in [2.45, 2.75) is 27.2 Å². The van der Waals surface area contributed by atoms with Crippen LogP contribution >= 0.6 is 11.6 Å². The Labute approximate surface area is 152 Å². The molecule has 25 heavy (non-hydrogen) atoms. The predicted molar refractivity (Wildman–Crippen MR) is 100.0 cm³/mol. The van der Waals surface area contributed by atoms with Crippen LogP contribution in [0.3, 0.4) is 0 Å². The van der Waals surface area contributed by atoms with Crippen LogP contribution in [-0.4, -0.2) is 17.0 Å². The van der Waals surface area contributed by atoms with Crippen LogP contribution in [0.4, 0.5) is 5.69 Å². The number of carboxylic acid groups (broad SMARTS) is 1. The number of anilines is 1. The zero-order chi connectivity index (χ0) is 18.6. The molecule has 1 amide bonds. The maximum Gasteiger partial charge on any atom is 0.307 e. The van der Waals surface area contributed by atoms with E-state index in [0.29, 0.717) is 17.1 Å². The quantitative estimate of drug-likeness (QED) is 0.799. The number of amides is 1. The smallest absolute Gasteiger partial charge is 0.307 e. The van der Waals surface area contributed by atoms with Gasteiger partial charge >= 0.3 is 5.97 Å². The van der Waals surface area contributed by atoms with Gasteiger partial charge in [-0.05, 0) is 50.1 Å². The second-order valence-corrected chi connectivity index (χ2v) is 6.87. The molecule has 0 saturated carbocycles. The van der Waals surface area contributed by atoms with Crippen molar-refractivity contribution in [3.05, 3.63) is 64.2 Å². The Balaban J connectivity index is 2.23. The van der Waals surface area contributed by atoms with E-state index >= 15 is 0 Å². The fraction of sp³-hybridized carbons (Fsp3) is 0.300. The average Bonchev–Trinajstić information content (AvgIpc) is 2.53. The Morgan fingerprint density at radius 1 is 1.08 bits per heavy atom. The number of carbonyl (C=O) groups excluding carboxylic acids is 1. The lowest BCUT2D eigenvalue weighted by Crippen LogP contribution is -2.33. The lowest BCUT2D eigenvalue weighted by molar-refractivity contribution is -0.145. The van der Waals surface area contributed by atoms with Gasteiger partial charge in [-0.15, -0.1) is 0 Å². The van der Waals surface area contributed by atoms with E-state index in [1.165, 1.54) is 0 Å². The van der Waals surface area contributed by atoms with Gasteiger partial charge in [-0.3, -0.25) is 9.59 Å². The lowest BCUT2D eigenvalue weighted by atomic mass is 9.86. The normalized spacial score (nSPS) is 13.1. The predicted octanol–water partition coefficient (Wildman–Crippen LogP) is 4.47. The first kappa shape index (κ1) is 19.0. The van der Waals surface area contributed by atoms with Gasteiger partial charge in [0, 0.05) is 10.7 Å². The number of carboxylic acids is 1. The summed E-state index contributed by atoms with van der Waals surface area (Å²) in [6.45, 7) is 5.54. The van der Waals surface area contributed by atoms with Gasteiger partial charge in [0.25, 0.3) is 0 Å². The number of hydrogen-bond donors (Lipinski definition) is 2. The number of carbonyl (C=O) groups is 2. The van der Waals surface area contributed by atoms with Crippen molar-refractivity contribution in [2.75, 3.05) is 5.32 Å². The van der Waals surface area contributed by atoms with E-state index in [0.717, 1.165) is 16.7 Å². The number of aliphatic carboxylic acids is 1. The lowest BCUT2D eigenvalue weighted by Gasteiger charge is -2.21. The maximum absolute atomic E-state index is 12.7. The molecule has 0 aliphatic carbocycles. The van der Waals surface area contributed by atoms with Gasteiger partial charge in [0.2, 0.25) is 5.91 Å². The van der Waals surface area contributed by atoms with E-state index < -0.39 is 17.8 Å². The first-order chi connectivity index (χ1) is 11.8. The van der Waals surface area contributed by atoms with Crippen molar-refractivity contribution in [3.63, 3.8) is 0 Å². The van der Waals surface area contributed by atoms with Gasteiger partial charge in [-0.25, -0.2) is 0 Å². The summed E-state index contributed by atoms with van der Waals surface area (Å²) in [5, 5.41) is 12.8. The van der Waals surface area contributed by atoms with Crippen LogP contribution in [0.2, 0.25) is 5.02 Å². The summed E-state index contributed by atoms with van der Waals surface area (Å²) in [6.07, 6.45) is 0.370. The molecule has 2 aromatic carbocycles. The minimum absolute atomic E-state index is 0.309. The third-order valence-corrected chi connectivity index (χ3v) is 4.43. The second kappa shape index (κ2) is 8.17. The highest BCUT2D eigenvalue weighted by Gasteiger charge is 2.30. The van der Waals surface area contributed by atoms with Crippen molar-refractivity contribution in [3.8, 4) is 0 Å². The van der Waals surface area contributed by atoms with Crippen molar-refractivity contribution < 1.29 is 14.7 Å². The van der Waals surface area contributed by atoms with E-state index in [4.69, 9.17) is 11.6 Å². The molecule has 4 nitrogen and oxygen atoms in total. The van der Waals surface area contributed by atoms with Crippen molar-refractivity contribution >= 4 is 29.2 Å². The molecule has 2 aromatic rings. The highest BCUT2D eigenvalue weighted by Crippen LogP contribution is 2.23. The van der Waals surface area contributed by atoms with E-state index in [9.17, 15) is 14.7 Å². The Hall–Kier alpha value is -2.33. The van der Waals surface area contributed by atoms with Crippen LogP contribution in [0, 0.1) is 25.7 Å². The first-order valence-corrected chi connectivity index (χ1v) is 8.50. The van der Waals surface area contributed by atoms with Gasteiger partial charge in [-0.1, -0.05) is 47.9 Å². The third kappa shape index (κ3) is 5.33. The van der Waals surface area contributed by atoms with Crippen LogP contribution in [0.15, 0.2) is 42.5 Å². The molecule has 0 aromatic heterocycles. The SMILES string of the molecule is Cc1cc(C)cc(C[C@@H](C(=O)Nc2ccc(Cl)cc2)[C@@H](C)C(=O)O)c1. The fourth-order valence-electron chi connectivity index (χ4n) is 2.88. The van der Waals surface area contributed by atoms with Gasteiger partial charge in [-0.2, -0.15) is 0 Å². The zero-order valence-corrected chi connectivity index (χ0v) is 15.3. The topological polar surface area (TPSA) is 66.4 Å². The maximum atomic E-state index is 12.7. The van der Waals surface area contributed by atoms with Crippen molar-refractivity contribution in [2.24, 2.45) is 11.8 Å². The summed E-state index contributed by atoms with van der Waals surface area (Å²) in [4.78, 5) is 24.2. The summed E-state index contributed by atoms with van der Waals surface area (Å²) in [5.74, 6) is -2.76. The molecule has 132 valence electrons. The van der Waals surface area contributed by atoms with Gasteiger partial charge < -0.3 is 10.4 Å². The number of benzene rings is 2. The highest BCUT2D eigenvalue weighted by atomic mass is 35.5. The molecule has 0 unspecified atom stereocenters. The summed E-state index contributed by atoms with van der Waals surface area (Å²) >= 11 is 5.85. The minimum Gasteiger partial charge on any atom is -0.481 e. The van der Waals surface area contributed by atoms with Gasteiger partial charge in [0.15, 0.2) is 0 Å². The molecule has 0 saturated heterocycles. The van der Waals surface area contributed by atoms with E-state index in [2.05, 4.69) is 5.32 Å². The summed E-state index contributed by atoms with van der Waals surface area (Å²) < 4.78 is 0. The summed E-state index contributed by atoms with van der Waals surface area (Å²) in [7, 11) is 0. The number of nitrogens with one attached hydrogen (secondary N) is 1. The third-order valence-electron chi connectivity index (χ3n) is 4.18. The molecule has 0 aliphatic heterocycles. The average molecular weight is 360 g/mol. The van der Waals surface area contributed by atoms with Crippen LogP contribution in [-0.2, 0) is 16.0 Å². The van der Waals surface area contributed by atoms with Crippen molar-refractivity contribution in [1.29, 1.82) is 0 Å². The standard InChI is InChI=1S/C20H22ClNO3/c1-12-8-13(2)10-15(9-12)11-18(14(3)20(24)25)19(23)22-17-6-4-16(21)5-7-17/h4-10,14,18H,11H2,1-3H3,(H,22,23)(H,24,25)/t14-,18-/m1/s1. The molecule has 0 spiro atoms. The molecule has 0 bridgehead atoms. The largest absolute Gasteiger partial charge is 0.481 e. The molecule has 0 radical (unpaired) electrons. The molecule has 5 heteroatoms. The van der Waals surface area contributed by atoms with Crippen LogP contribution < -0.4 is 5.32 Å². The molecule has 0 aliphatic rings. The summed E-state index contributed by atoms with van der Waals surface area (Å²) in [6, 6.07) is 12.8. The van der Waals surface area contributed by atoms with Gasteiger partial charge in [0.05, 0.1) is 11.8 Å². The van der Waals surface area contributed by atoms with E-state index in [-0.39, 0.29) is 5.91 Å².